The van der Waals surface area contributed by atoms with Gasteiger partial charge in [0.05, 0.1) is 0 Å². The molecule has 0 unspecified atom stereocenters. The van der Waals surface area contributed by atoms with Crippen molar-refractivity contribution in [3.8, 4) is 16.9 Å². The molecule has 0 radical (unpaired) electrons. The fourth-order valence-electron chi connectivity index (χ4n) is 3.63. The second-order valence-corrected chi connectivity index (χ2v) is 7.20. The maximum absolute atomic E-state index is 14.5. The van der Waals surface area contributed by atoms with E-state index in [9.17, 15) is 8.78 Å². The van der Waals surface area contributed by atoms with E-state index in [1.165, 1.54) is 37.3 Å². The summed E-state index contributed by atoms with van der Waals surface area (Å²) in [6.45, 7) is 4.38. The Hall–Kier alpha value is -2.16. The van der Waals surface area contributed by atoms with Crippen LogP contribution in [-0.2, 0) is 0 Å². The van der Waals surface area contributed by atoms with E-state index < -0.39 is 11.6 Å². The molecule has 3 rings (SSSR count). The molecule has 1 aliphatic rings. The highest BCUT2D eigenvalue weighted by Gasteiger charge is 2.20. The van der Waals surface area contributed by atoms with Gasteiger partial charge in [0, 0.05) is 5.56 Å². The molecule has 1 aliphatic carbocycles. The third kappa shape index (κ3) is 4.14. The molecule has 3 heteroatoms. The summed E-state index contributed by atoms with van der Waals surface area (Å²) in [6.07, 6.45) is 8.50. The first-order chi connectivity index (χ1) is 12.6. The Morgan fingerprint density at radius 1 is 0.962 bits per heavy atom. The summed E-state index contributed by atoms with van der Waals surface area (Å²) < 4.78 is 34.0. The van der Waals surface area contributed by atoms with Crippen LogP contribution in [0.15, 0.2) is 48.6 Å². The first-order valence-electron chi connectivity index (χ1n) is 9.42. The van der Waals surface area contributed by atoms with Gasteiger partial charge in [0.2, 0.25) is 5.82 Å². The van der Waals surface area contributed by atoms with Crippen LogP contribution in [0.25, 0.3) is 11.1 Å². The number of halogens is 2. The Labute approximate surface area is 154 Å². The number of rotatable bonds is 5. The van der Waals surface area contributed by atoms with E-state index in [0.29, 0.717) is 11.5 Å². The zero-order chi connectivity index (χ0) is 18.5. The van der Waals surface area contributed by atoms with E-state index >= 15 is 0 Å². The van der Waals surface area contributed by atoms with E-state index in [4.69, 9.17) is 4.74 Å². The zero-order valence-corrected chi connectivity index (χ0v) is 15.5. The highest BCUT2D eigenvalue weighted by molar-refractivity contribution is 5.65. The van der Waals surface area contributed by atoms with Gasteiger partial charge in [-0.25, -0.2) is 4.39 Å². The fourth-order valence-corrected chi connectivity index (χ4v) is 3.63. The van der Waals surface area contributed by atoms with Crippen LogP contribution < -0.4 is 4.74 Å². The Kier molecular flexibility index (Phi) is 6.08. The molecule has 0 spiro atoms. The summed E-state index contributed by atoms with van der Waals surface area (Å²) >= 11 is 0. The molecule has 1 nitrogen and oxygen atoms in total. The summed E-state index contributed by atoms with van der Waals surface area (Å²) in [5.74, 6) is -0.447. The van der Waals surface area contributed by atoms with Gasteiger partial charge in [0.25, 0.3) is 0 Å². The molecular weight excluding hydrogens is 330 g/mol. The van der Waals surface area contributed by atoms with Crippen LogP contribution in [0.3, 0.4) is 0 Å². The Balaban J connectivity index is 1.77. The standard InChI is InChI=1S/C23H26F2O/c1-3-4-15-26-21-14-13-20(22(24)23(21)25)19-11-9-18(10-12-19)17-7-5-16(2)6-8-17/h3-4,9-14,16-17H,5-8,15H2,1-2H3/b4-3+. The largest absolute Gasteiger partial charge is 0.486 e. The highest BCUT2D eigenvalue weighted by Crippen LogP contribution is 2.37. The minimum Gasteiger partial charge on any atom is -0.486 e. The lowest BCUT2D eigenvalue weighted by atomic mass is 9.79. The van der Waals surface area contributed by atoms with Crippen molar-refractivity contribution in [1.82, 2.24) is 0 Å². The molecule has 0 heterocycles. The number of hydrogen-bond donors (Lipinski definition) is 0. The van der Waals surface area contributed by atoms with Crippen LogP contribution in [-0.4, -0.2) is 6.61 Å². The normalized spacial score (nSPS) is 20.5. The SMILES string of the molecule is C/C=C/COc1ccc(-c2ccc(C3CCC(C)CC3)cc2)c(F)c1F. The van der Waals surface area contributed by atoms with Gasteiger partial charge in [-0.15, -0.1) is 0 Å². The van der Waals surface area contributed by atoms with Crippen LogP contribution >= 0.6 is 0 Å². The summed E-state index contributed by atoms with van der Waals surface area (Å²) in [4.78, 5) is 0. The topological polar surface area (TPSA) is 9.23 Å². The molecule has 0 saturated heterocycles. The average molecular weight is 356 g/mol. The molecule has 2 aromatic rings. The molecular formula is C23H26F2O. The van der Waals surface area contributed by atoms with Crippen molar-refractivity contribution >= 4 is 0 Å². The minimum absolute atomic E-state index is 0.0581. The van der Waals surface area contributed by atoms with E-state index in [2.05, 4.69) is 19.1 Å². The molecule has 138 valence electrons. The molecule has 0 bridgehead atoms. The van der Waals surface area contributed by atoms with Crippen molar-refractivity contribution in [3.05, 3.63) is 65.7 Å². The maximum Gasteiger partial charge on any atom is 0.201 e. The van der Waals surface area contributed by atoms with E-state index in [-0.39, 0.29) is 17.9 Å². The Morgan fingerprint density at radius 3 is 2.31 bits per heavy atom. The maximum atomic E-state index is 14.5. The second-order valence-electron chi connectivity index (χ2n) is 7.20. The molecule has 0 amide bonds. The summed E-state index contributed by atoms with van der Waals surface area (Å²) in [6, 6.07) is 11.0. The molecule has 2 aromatic carbocycles. The molecule has 0 N–H and O–H groups in total. The summed E-state index contributed by atoms with van der Waals surface area (Å²) in [7, 11) is 0. The van der Waals surface area contributed by atoms with Crippen LogP contribution in [0.2, 0.25) is 0 Å². The fraction of sp³-hybridized carbons (Fsp3) is 0.391. The van der Waals surface area contributed by atoms with E-state index in [1.807, 2.05) is 19.1 Å². The van der Waals surface area contributed by atoms with Crippen molar-refractivity contribution in [3.63, 3.8) is 0 Å². The van der Waals surface area contributed by atoms with Gasteiger partial charge in [0.15, 0.2) is 11.6 Å². The highest BCUT2D eigenvalue weighted by atomic mass is 19.2. The molecule has 0 aliphatic heterocycles. The average Bonchev–Trinajstić information content (AvgIpc) is 2.66. The quantitative estimate of drug-likeness (QED) is 0.531. The van der Waals surface area contributed by atoms with Crippen molar-refractivity contribution in [2.24, 2.45) is 5.92 Å². The van der Waals surface area contributed by atoms with Crippen molar-refractivity contribution in [1.29, 1.82) is 0 Å². The van der Waals surface area contributed by atoms with Gasteiger partial charge >= 0.3 is 0 Å². The summed E-state index contributed by atoms with van der Waals surface area (Å²) in [5.41, 5.74) is 2.26. The molecule has 26 heavy (non-hydrogen) atoms. The molecule has 0 aromatic heterocycles. The monoisotopic (exact) mass is 356 g/mol. The van der Waals surface area contributed by atoms with E-state index in [0.717, 1.165) is 5.92 Å². The summed E-state index contributed by atoms with van der Waals surface area (Å²) in [5, 5.41) is 0. The van der Waals surface area contributed by atoms with Crippen LogP contribution in [0.5, 0.6) is 5.75 Å². The molecule has 1 fully saturated rings. The van der Waals surface area contributed by atoms with Gasteiger partial charge in [-0.2, -0.15) is 4.39 Å². The predicted molar refractivity (Wildman–Crippen MR) is 102 cm³/mol. The number of ether oxygens (including phenoxy) is 1. The van der Waals surface area contributed by atoms with Gasteiger partial charge in [-0.1, -0.05) is 56.2 Å². The lowest BCUT2D eigenvalue weighted by molar-refractivity contribution is 0.332. The lowest BCUT2D eigenvalue weighted by Crippen LogP contribution is -2.10. The minimum atomic E-state index is -0.933. The number of allylic oxidation sites excluding steroid dienone is 1. The van der Waals surface area contributed by atoms with Crippen LogP contribution in [0, 0.1) is 17.6 Å². The zero-order valence-electron chi connectivity index (χ0n) is 15.5. The third-order valence-corrected chi connectivity index (χ3v) is 5.33. The van der Waals surface area contributed by atoms with Crippen LogP contribution in [0.4, 0.5) is 8.78 Å². The van der Waals surface area contributed by atoms with Gasteiger partial charge < -0.3 is 4.74 Å². The number of benzene rings is 2. The Morgan fingerprint density at radius 2 is 1.65 bits per heavy atom. The van der Waals surface area contributed by atoms with Crippen molar-refractivity contribution in [2.45, 2.75) is 45.4 Å². The predicted octanol–water partition coefficient (Wildman–Crippen LogP) is 6.88. The van der Waals surface area contributed by atoms with Crippen LogP contribution in [0.1, 0.15) is 51.0 Å². The smallest absolute Gasteiger partial charge is 0.201 e. The first kappa shape index (κ1) is 18.6. The molecule has 1 saturated carbocycles. The van der Waals surface area contributed by atoms with Crippen molar-refractivity contribution in [2.75, 3.05) is 6.61 Å². The number of hydrogen-bond acceptors (Lipinski definition) is 1. The first-order valence-corrected chi connectivity index (χ1v) is 9.42. The Bertz CT molecular complexity index is 757. The van der Waals surface area contributed by atoms with Gasteiger partial charge in [-0.05, 0) is 54.9 Å². The second kappa shape index (κ2) is 8.48. The van der Waals surface area contributed by atoms with Gasteiger partial charge in [0.1, 0.15) is 6.61 Å². The van der Waals surface area contributed by atoms with E-state index in [1.54, 1.807) is 18.2 Å². The third-order valence-electron chi connectivity index (χ3n) is 5.33. The molecule has 0 atom stereocenters. The lowest BCUT2D eigenvalue weighted by Gasteiger charge is -2.26. The van der Waals surface area contributed by atoms with Crippen molar-refractivity contribution < 1.29 is 13.5 Å². The van der Waals surface area contributed by atoms with Gasteiger partial charge in [-0.3, -0.25) is 0 Å².